The summed E-state index contributed by atoms with van der Waals surface area (Å²) >= 11 is 0. The highest BCUT2D eigenvalue weighted by atomic mass is 16.5. The van der Waals surface area contributed by atoms with Crippen molar-refractivity contribution in [1.82, 2.24) is 10.6 Å². The van der Waals surface area contributed by atoms with Gasteiger partial charge in [0.05, 0.1) is 11.7 Å². The minimum atomic E-state index is -0.617. The molecule has 1 aromatic carbocycles. The van der Waals surface area contributed by atoms with Crippen molar-refractivity contribution in [3.05, 3.63) is 59.0 Å². The molecule has 1 saturated carbocycles. The number of aliphatic hydroxyl groups is 1. The lowest BCUT2D eigenvalue weighted by atomic mass is 9.93. The second-order valence-electron chi connectivity index (χ2n) is 6.97. The number of benzene rings is 1. The summed E-state index contributed by atoms with van der Waals surface area (Å²) in [4.78, 5) is 25.0. The number of hydrogen-bond donors (Lipinski definition) is 3. The molecule has 3 rings (SSSR count). The average molecular weight is 386 g/mol. The summed E-state index contributed by atoms with van der Waals surface area (Å²) in [5, 5.41) is 15.2. The van der Waals surface area contributed by atoms with E-state index in [1.807, 2.05) is 30.3 Å². The van der Waals surface area contributed by atoms with Gasteiger partial charge in [0.15, 0.2) is 11.5 Å². The SMILES string of the molecule is CNC(=O)c1cc(C(=O)NC2CCC(O)CC2)c([C@@H](OC)c2ccccc2)o1. The first-order chi connectivity index (χ1) is 13.5. The highest BCUT2D eigenvalue weighted by molar-refractivity contribution is 5.99. The molecule has 0 spiro atoms. The predicted octanol–water partition coefficient (Wildman–Crippen LogP) is 2.41. The first-order valence-electron chi connectivity index (χ1n) is 9.46. The third kappa shape index (κ3) is 4.43. The predicted molar refractivity (Wildman–Crippen MR) is 103 cm³/mol. The van der Waals surface area contributed by atoms with Crippen molar-refractivity contribution < 1.29 is 23.8 Å². The van der Waals surface area contributed by atoms with Crippen LogP contribution in [0.4, 0.5) is 0 Å². The molecule has 3 N–H and O–H groups in total. The Balaban J connectivity index is 1.91. The molecule has 0 unspecified atom stereocenters. The van der Waals surface area contributed by atoms with Gasteiger partial charge in [-0.25, -0.2) is 0 Å². The van der Waals surface area contributed by atoms with Crippen LogP contribution in [0, 0.1) is 0 Å². The van der Waals surface area contributed by atoms with E-state index >= 15 is 0 Å². The van der Waals surface area contributed by atoms with Crippen molar-refractivity contribution in [2.45, 2.75) is 43.9 Å². The van der Waals surface area contributed by atoms with E-state index in [4.69, 9.17) is 9.15 Å². The Morgan fingerprint density at radius 1 is 1.14 bits per heavy atom. The van der Waals surface area contributed by atoms with Gasteiger partial charge in [0, 0.05) is 26.3 Å². The molecule has 1 aliphatic rings. The van der Waals surface area contributed by atoms with Crippen LogP contribution < -0.4 is 10.6 Å². The number of methoxy groups -OCH3 is 1. The van der Waals surface area contributed by atoms with E-state index in [-0.39, 0.29) is 29.4 Å². The highest BCUT2D eigenvalue weighted by Gasteiger charge is 2.30. The number of rotatable bonds is 6. The molecule has 1 fully saturated rings. The molecule has 7 nitrogen and oxygen atoms in total. The Kier molecular flexibility index (Phi) is 6.49. The molecule has 150 valence electrons. The van der Waals surface area contributed by atoms with Crippen molar-refractivity contribution in [2.24, 2.45) is 0 Å². The van der Waals surface area contributed by atoms with Crippen molar-refractivity contribution in [3.8, 4) is 0 Å². The minimum absolute atomic E-state index is 0.0141. The lowest BCUT2D eigenvalue weighted by Crippen LogP contribution is -2.38. The molecule has 1 heterocycles. The zero-order chi connectivity index (χ0) is 20.1. The van der Waals surface area contributed by atoms with Crippen LogP contribution in [0.15, 0.2) is 40.8 Å². The van der Waals surface area contributed by atoms with Crippen LogP contribution in [0.25, 0.3) is 0 Å². The van der Waals surface area contributed by atoms with Crippen LogP contribution >= 0.6 is 0 Å². The van der Waals surface area contributed by atoms with E-state index in [1.54, 1.807) is 0 Å². The van der Waals surface area contributed by atoms with Gasteiger partial charge in [-0.1, -0.05) is 30.3 Å². The minimum Gasteiger partial charge on any atom is -0.452 e. The van der Waals surface area contributed by atoms with Crippen LogP contribution in [0.1, 0.15) is 64.0 Å². The molecule has 1 atom stereocenters. The Hall–Kier alpha value is -2.64. The molecule has 0 aliphatic heterocycles. The van der Waals surface area contributed by atoms with Gasteiger partial charge in [-0.05, 0) is 31.2 Å². The fraction of sp³-hybridized carbons (Fsp3) is 0.429. The summed E-state index contributed by atoms with van der Waals surface area (Å²) < 4.78 is 11.4. The summed E-state index contributed by atoms with van der Waals surface area (Å²) in [6.45, 7) is 0. The van der Waals surface area contributed by atoms with Crippen molar-refractivity contribution in [2.75, 3.05) is 14.2 Å². The molecule has 2 amide bonds. The molecule has 2 aromatic rings. The van der Waals surface area contributed by atoms with E-state index in [0.717, 1.165) is 18.4 Å². The molecule has 7 heteroatoms. The van der Waals surface area contributed by atoms with Crippen LogP contribution in [0.2, 0.25) is 0 Å². The summed E-state index contributed by atoms with van der Waals surface area (Å²) in [7, 11) is 3.03. The van der Waals surface area contributed by atoms with Crippen molar-refractivity contribution >= 4 is 11.8 Å². The van der Waals surface area contributed by atoms with Gasteiger partial charge in [-0.15, -0.1) is 0 Å². The molecule has 1 aliphatic carbocycles. The molecule has 28 heavy (non-hydrogen) atoms. The number of amides is 2. The van der Waals surface area contributed by atoms with Gasteiger partial charge >= 0.3 is 0 Å². The molecule has 0 bridgehead atoms. The van der Waals surface area contributed by atoms with Gasteiger partial charge in [-0.3, -0.25) is 9.59 Å². The zero-order valence-corrected chi connectivity index (χ0v) is 16.1. The lowest BCUT2D eigenvalue weighted by Gasteiger charge is -2.26. The standard InChI is InChI=1S/C21H26N2O5/c1-22-21(26)17-12-16(20(25)23-14-8-10-15(24)11-9-14)19(28-17)18(27-2)13-6-4-3-5-7-13/h3-7,12,14-15,18,24H,8-11H2,1-2H3,(H,22,26)(H,23,25)/t14?,15?,18-/m0/s1. The molecule has 1 aromatic heterocycles. The van der Waals surface area contributed by atoms with Gasteiger partial charge in [0.2, 0.25) is 0 Å². The first kappa shape index (κ1) is 20.1. The van der Waals surface area contributed by atoms with E-state index in [2.05, 4.69) is 10.6 Å². The Morgan fingerprint density at radius 2 is 1.82 bits per heavy atom. The summed E-state index contributed by atoms with van der Waals surface area (Å²) in [5.74, 6) is -0.377. The quantitative estimate of drug-likeness (QED) is 0.708. The number of furan rings is 1. The summed E-state index contributed by atoms with van der Waals surface area (Å²) in [6.07, 6.45) is 1.85. The van der Waals surface area contributed by atoms with E-state index in [0.29, 0.717) is 18.6 Å². The fourth-order valence-electron chi connectivity index (χ4n) is 3.52. The molecular formula is C21H26N2O5. The Bertz CT molecular complexity index is 809. The smallest absolute Gasteiger partial charge is 0.286 e. The maximum Gasteiger partial charge on any atom is 0.286 e. The van der Waals surface area contributed by atoms with E-state index < -0.39 is 12.0 Å². The molecular weight excluding hydrogens is 360 g/mol. The van der Waals surface area contributed by atoms with Crippen LogP contribution in [-0.2, 0) is 4.74 Å². The van der Waals surface area contributed by atoms with Crippen LogP contribution in [0.5, 0.6) is 0 Å². The monoisotopic (exact) mass is 386 g/mol. The third-order valence-corrected chi connectivity index (χ3v) is 5.06. The Labute approximate surface area is 164 Å². The topological polar surface area (TPSA) is 101 Å². The van der Waals surface area contributed by atoms with Gasteiger partial charge < -0.3 is 24.9 Å². The second-order valence-corrected chi connectivity index (χ2v) is 6.97. The first-order valence-corrected chi connectivity index (χ1v) is 9.46. The number of aliphatic hydroxyl groups excluding tert-OH is 1. The summed E-state index contributed by atoms with van der Waals surface area (Å²) in [6, 6.07) is 10.8. The molecule has 0 radical (unpaired) electrons. The van der Waals surface area contributed by atoms with Gasteiger partial charge in [0.1, 0.15) is 6.10 Å². The van der Waals surface area contributed by atoms with Gasteiger partial charge in [0.25, 0.3) is 11.8 Å². The number of carbonyl (C=O) groups excluding carboxylic acids is 2. The average Bonchev–Trinajstić information content (AvgIpc) is 3.16. The van der Waals surface area contributed by atoms with Crippen LogP contribution in [-0.4, -0.2) is 43.2 Å². The van der Waals surface area contributed by atoms with Crippen molar-refractivity contribution in [3.63, 3.8) is 0 Å². The highest BCUT2D eigenvalue weighted by Crippen LogP contribution is 2.31. The number of nitrogens with one attached hydrogen (secondary N) is 2. The number of carbonyl (C=O) groups is 2. The maximum atomic E-state index is 13.0. The fourth-order valence-corrected chi connectivity index (χ4v) is 3.52. The van der Waals surface area contributed by atoms with E-state index in [9.17, 15) is 14.7 Å². The van der Waals surface area contributed by atoms with Crippen LogP contribution in [0.3, 0.4) is 0 Å². The lowest BCUT2D eigenvalue weighted by molar-refractivity contribution is 0.0840. The number of ether oxygens (including phenoxy) is 1. The maximum absolute atomic E-state index is 13.0. The van der Waals surface area contributed by atoms with E-state index in [1.165, 1.54) is 20.2 Å². The van der Waals surface area contributed by atoms with Gasteiger partial charge in [-0.2, -0.15) is 0 Å². The summed E-state index contributed by atoms with van der Waals surface area (Å²) in [5.41, 5.74) is 1.10. The second kappa shape index (κ2) is 9.03. The Morgan fingerprint density at radius 3 is 2.43 bits per heavy atom. The third-order valence-electron chi connectivity index (χ3n) is 5.06. The molecule has 0 saturated heterocycles. The largest absolute Gasteiger partial charge is 0.452 e. The normalized spacial score (nSPS) is 20.4. The zero-order valence-electron chi connectivity index (χ0n) is 16.1. The number of hydrogen-bond acceptors (Lipinski definition) is 5. The van der Waals surface area contributed by atoms with Crippen molar-refractivity contribution in [1.29, 1.82) is 0 Å².